The van der Waals surface area contributed by atoms with Gasteiger partial charge in [0.15, 0.2) is 0 Å². The second-order valence-electron chi connectivity index (χ2n) is 4.59. The van der Waals surface area contributed by atoms with Gasteiger partial charge in [-0.15, -0.1) is 0 Å². The molecule has 0 aromatic heterocycles. The Morgan fingerprint density at radius 1 is 1.12 bits per heavy atom. The van der Waals surface area contributed by atoms with Crippen molar-refractivity contribution in [2.75, 3.05) is 13.2 Å². The minimum Gasteiger partial charge on any atom is -0.492 e. The SMILES string of the molecule is Clc1ccc(OCCNC2CCCCC2)cc1. The molecule has 2 nitrogen and oxygen atoms in total. The van der Waals surface area contributed by atoms with Crippen LogP contribution in [-0.2, 0) is 0 Å². The molecule has 0 spiro atoms. The third-order valence-electron chi connectivity index (χ3n) is 3.22. The molecular weight excluding hydrogens is 234 g/mol. The van der Waals surface area contributed by atoms with Crippen LogP contribution in [0, 0.1) is 0 Å². The Morgan fingerprint density at radius 2 is 1.82 bits per heavy atom. The number of hydrogen-bond donors (Lipinski definition) is 1. The molecule has 3 heteroatoms. The van der Waals surface area contributed by atoms with Crippen LogP contribution in [0.15, 0.2) is 24.3 Å². The maximum absolute atomic E-state index is 5.81. The number of ether oxygens (including phenoxy) is 1. The van der Waals surface area contributed by atoms with E-state index >= 15 is 0 Å². The zero-order valence-corrected chi connectivity index (χ0v) is 10.9. The van der Waals surface area contributed by atoms with Gasteiger partial charge in [-0.3, -0.25) is 0 Å². The van der Waals surface area contributed by atoms with E-state index in [9.17, 15) is 0 Å². The topological polar surface area (TPSA) is 21.3 Å². The minimum absolute atomic E-state index is 0.706. The van der Waals surface area contributed by atoms with E-state index in [1.807, 2.05) is 24.3 Å². The van der Waals surface area contributed by atoms with Crippen molar-refractivity contribution in [1.29, 1.82) is 0 Å². The van der Waals surface area contributed by atoms with Crippen LogP contribution < -0.4 is 10.1 Å². The molecule has 1 N–H and O–H groups in total. The first kappa shape index (κ1) is 12.7. The molecule has 0 radical (unpaired) electrons. The number of hydrogen-bond acceptors (Lipinski definition) is 2. The molecule has 0 saturated heterocycles. The second-order valence-corrected chi connectivity index (χ2v) is 5.03. The fraction of sp³-hybridized carbons (Fsp3) is 0.571. The zero-order valence-electron chi connectivity index (χ0n) is 10.1. The molecule has 94 valence electrons. The summed E-state index contributed by atoms with van der Waals surface area (Å²) < 4.78 is 5.63. The first-order valence-corrected chi connectivity index (χ1v) is 6.84. The lowest BCUT2D eigenvalue weighted by molar-refractivity contribution is 0.289. The molecule has 0 atom stereocenters. The van der Waals surface area contributed by atoms with Crippen LogP contribution in [0.4, 0.5) is 0 Å². The molecular formula is C14H20ClNO. The summed E-state index contributed by atoms with van der Waals surface area (Å²) in [4.78, 5) is 0. The van der Waals surface area contributed by atoms with Gasteiger partial charge in [0.1, 0.15) is 12.4 Å². The van der Waals surface area contributed by atoms with E-state index in [0.717, 1.165) is 23.9 Å². The number of halogens is 1. The highest BCUT2D eigenvalue weighted by molar-refractivity contribution is 6.30. The standard InChI is InChI=1S/C14H20ClNO/c15-12-6-8-14(9-7-12)17-11-10-16-13-4-2-1-3-5-13/h6-9,13,16H,1-5,10-11H2. The number of rotatable bonds is 5. The molecule has 0 unspecified atom stereocenters. The highest BCUT2D eigenvalue weighted by Crippen LogP contribution is 2.17. The molecule has 1 aliphatic rings. The van der Waals surface area contributed by atoms with Gasteiger partial charge in [-0.1, -0.05) is 30.9 Å². The van der Waals surface area contributed by atoms with Crippen molar-refractivity contribution < 1.29 is 4.74 Å². The molecule has 0 heterocycles. The zero-order chi connectivity index (χ0) is 11.9. The summed E-state index contributed by atoms with van der Waals surface area (Å²) in [5.74, 6) is 0.889. The molecule has 17 heavy (non-hydrogen) atoms. The Labute approximate surface area is 108 Å². The highest BCUT2D eigenvalue weighted by Gasteiger charge is 2.11. The lowest BCUT2D eigenvalue weighted by atomic mass is 9.96. The third kappa shape index (κ3) is 4.57. The van der Waals surface area contributed by atoms with E-state index in [1.165, 1.54) is 32.1 Å². The van der Waals surface area contributed by atoms with Gasteiger partial charge >= 0.3 is 0 Å². The quantitative estimate of drug-likeness (QED) is 0.809. The van der Waals surface area contributed by atoms with Crippen molar-refractivity contribution in [3.05, 3.63) is 29.3 Å². The van der Waals surface area contributed by atoms with Crippen LogP contribution in [-0.4, -0.2) is 19.2 Å². The van der Waals surface area contributed by atoms with Gasteiger partial charge in [0.25, 0.3) is 0 Å². The van der Waals surface area contributed by atoms with E-state index in [0.29, 0.717) is 6.04 Å². The van der Waals surface area contributed by atoms with Crippen molar-refractivity contribution in [2.24, 2.45) is 0 Å². The molecule has 1 aromatic carbocycles. The molecule has 0 amide bonds. The summed E-state index contributed by atoms with van der Waals surface area (Å²) in [7, 11) is 0. The smallest absolute Gasteiger partial charge is 0.119 e. The number of nitrogens with one attached hydrogen (secondary N) is 1. The van der Waals surface area contributed by atoms with E-state index in [4.69, 9.17) is 16.3 Å². The average molecular weight is 254 g/mol. The molecule has 1 aliphatic carbocycles. The van der Waals surface area contributed by atoms with E-state index < -0.39 is 0 Å². The fourth-order valence-electron chi connectivity index (χ4n) is 2.27. The Hall–Kier alpha value is -0.730. The van der Waals surface area contributed by atoms with Gasteiger partial charge < -0.3 is 10.1 Å². The Kier molecular flexibility index (Phi) is 5.14. The summed E-state index contributed by atoms with van der Waals surface area (Å²) in [6.45, 7) is 1.64. The summed E-state index contributed by atoms with van der Waals surface area (Å²) in [5.41, 5.74) is 0. The predicted molar refractivity (Wildman–Crippen MR) is 71.8 cm³/mol. The Morgan fingerprint density at radius 3 is 2.53 bits per heavy atom. The molecule has 0 aliphatic heterocycles. The molecule has 1 aromatic rings. The van der Waals surface area contributed by atoms with Crippen LogP contribution in [0.5, 0.6) is 5.75 Å². The van der Waals surface area contributed by atoms with Gasteiger partial charge in [0.2, 0.25) is 0 Å². The highest BCUT2D eigenvalue weighted by atomic mass is 35.5. The minimum atomic E-state index is 0.706. The van der Waals surface area contributed by atoms with E-state index in [-0.39, 0.29) is 0 Å². The van der Waals surface area contributed by atoms with Crippen molar-refractivity contribution >= 4 is 11.6 Å². The van der Waals surface area contributed by atoms with Crippen LogP contribution in [0.25, 0.3) is 0 Å². The summed E-state index contributed by atoms with van der Waals surface area (Å²) in [5, 5.41) is 4.30. The summed E-state index contributed by atoms with van der Waals surface area (Å²) in [6, 6.07) is 8.22. The molecule has 0 bridgehead atoms. The van der Waals surface area contributed by atoms with Crippen molar-refractivity contribution in [1.82, 2.24) is 5.32 Å². The largest absolute Gasteiger partial charge is 0.492 e. The predicted octanol–water partition coefficient (Wildman–Crippen LogP) is 3.64. The first-order valence-electron chi connectivity index (χ1n) is 6.46. The Balaban J connectivity index is 1.60. The van der Waals surface area contributed by atoms with Gasteiger partial charge in [-0.25, -0.2) is 0 Å². The average Bonchev–Trinajstić information content (AvgIpc) is 2.38. The lowest BCUT2D eigenvalue weighted by Gasteiger charge is -2.22. The maximum atomic E-state index is 5.81. The van der Waals surface area contributed by atoms with E-state index in [1.54, 1.807) is 0 Å². The van der Waals surface area contributed by atoms with Gasteiger partial charge in [0, 0.05) is 17.6 Å². The fourth-order valence-corrected chi connectivity index (χ4v) is 2.40. The number of benzene rings is 1. The normalized spacial score (nSPS) is 17.0. The van der Waals surface area contributed by atoms with Crippen LogP contribution in [0.2, 0.25) is 5.02 Å². The second kappa shape index (κ2) is 6.87. The Bertz CT molecular complexity index is 319. The van der Waals surface area contributed by atoms with Crippen LogP contribution in [0.3, 0.4) is 0 Å². The van der Waals surface area contributed by atoms with Gasteiger partial charge in [0.05, 0.1) is 0 Å². The monoisotopic (exact) mass is 253 g/mol. The third-order valence-corrected chi connectivity index (χ3v) is 3.47. The van der Waals surface area contributed by atoms with Crippen molar-refractivity contribution in [2.45, 2.75) is 38.1 Å². The van der Waals surface area contributed by atoms with Crippen molar-refractivity contribution in [3.8, 4) is 5.75 Å². The maximum Gasteiger partial charge on any atom is 0.119 e. The summed E-state index contributed by atoms with van der Waals surface area (Å²) in [6.07, 6.45) is 6.78. The molecule has 1 fully saturated rings. The van der Waals surface area contributed by atoms with Gasteiger partial charge in [-0.2, -0.15) is 0 Å². The van der Waals surface area contributed by atoms with Crippen LogP contribution in [0.1, 0.15) is 32.1 Å². The summed E-state index contributed by atoms with van der Waals surface area (Å²) >= 11 is 5.81. The van der Waals surface area contributed by atoms with E-state index in [2.05, 4.69) is 5.32 Å². The molecule has 1 saturated carbocycles. The van der Waals surface area contributed by atoms with Crippen molar-refractivity contribution in [3.63, 3.8) is 0 Å². The molecule has 2 rings (SSSR count). The first-order chi connectivity index (χ1) is 8.34. The van der Waals surface area contributed by atoms with Gasteiger partial charge in [-0.05, 0) is 37.1 Å². The lowest BCUT2D eigenvalue weighted by Crippen LogP contribution is -2.34. The van der Waals surface area contributed by atoms with Crippen LogP contribution >= 0.6 is 11.6 Å².